The Balaban J connectivity index is 3.69. The molecule has 0 fully saturated rings. The van der Waals surface area contributed by atoms with Crippen LogP contribution < -0.4 is 5.73 Å². The van der Waals surface area contributed by atoms with E-state index in [0.717, 1.165) is 0 Å². The number of aliphatic hydroxyl groups is 3. The maximum absolute atomic E-state index is 9.14. The fraction of sp³-hybridized carbons (Fsp3) is 1.00. The number of hydrogen-bond donors (Lipinski definition) is 4. The fourth-order valence-corrected chi connectivity index (χ4v) is 0.638. The highest BCUT2D eigenvalue weighted by molar-refractivity contribution is 4.74. The molecule has 0 radical (unpaired) electrons. The molecule has 62 valence electrons. The summed E-state index contributed by atoms with van der Waals surface area (Å²) in [6.45, 7) is 1.29. The highest BCUT2D eigenvalue weighted by Crippen LogP contribution is 2.03. The first-order valence-electron chi connectivity index (χ1n) is 3.28. The molecule has 0 heterocycles. The van der Waals surface area contributed by atoms with E-state index in [-0.39, 0.29) is 19.1 Å². The molecule has 0 rings (SSSR count). The molecule has 4 heteroatoms. The zero-order chi connectivity index (χ0) is 8.15. The van der Waals surface area contributed by atoms with Gasteiger partial charge >= 0.3 is 0 Å². The first kappa shape index (κ1) is 9.84. The van der Waals surface area contributed by atoms with Gasteiger partial charge in [0.25, 0.3) is 0 Å². The Bertz CT molecular complexity index is 79.1. The highest BCUT2D eigenvalue weighted by Gasteiger charge is 2.19. The zero-order valence-electron chi connectivity index (χ0n) is 6.07. The summed E-state index contributed by atoms with van der Waals surface area (Å²) < 4.78 is 0. The lowest BCUT2D eigenvalue weighted by Gasteiger charge is -2.21. The van der Waals surface area contributed by atoms with Gasteiger partial charge < -0.3 is 21.1 Å². The minimum absolute atomic E-state index is 0.116. The lowest BCUT2D eigenvalue weighted by Crippen LogP contribution is -2.42. The molecule has 0 bridgehead atoms. The molecule has 0 aliphatic rings. The zero-order valence-corrected chi connectivity index (χ0v) is 6.07. The Morgan fingerprint density at radius 2 is 1.80 bits per heavy atom. The first-order valence-corrected chi connectivity index (χ1v) is 3.28. The highest BCUT2D eigenvalue weighted by atomic mass is 16.3. The minimum atomic E-state index is -0.824. The largest absolute Gasteiger partial charge is 0.396 e. The van der Waals surface area contributed by atoms with E-state index in [1.165, 1.54) is 0 Å². The Morgan fingerprint density at radius 1 is 1.30 bits per heavy atom. The van der Waals surface area contributed by atoms with Gasteiger partial charge in [-0.3, -0.25) is 0 Å². The third-order valence-corrected chi connectivity index (χ3v) is 1.52. The molecule has 10 heavy (non-hydrogen) atoms. The average Bonchev–Trinajstić information content (AvgIpc) is 2.00. The first-order chi connectivity index (χ1) is 4.63. The Morgan fingerprint density at radius 3 is 2.10 bits per heavy atom. The van der Waals surface area contributed by atoms with Crippen LogP contribution in [0.2, 0.25) is 0 Å². The van der Waals surface area contributed by atoms with Crippen molar-refractivity contribution in [1.82, 2.24) is 0 Å². The van der Waals surface area contributed by atoms with Crippen LogP contribution in [0.5, 0.6) is 0 Å². The molecule has 0 aliphatic carbocycles. The van der Waals surface area contributed by atoms with Crippen molar-refractivity contribution in [3.63, 3.8) is 0 Å². The molecule has 0 saturated carbocycles. The molecular formula is C6H15NO3. The second kappa shape index (κ2) is 4.62. The van der Waals surface area contributed by atoms with Crippen molar-refractivity contribution in [2.24, 2.45) is 11.7 Å². The van der Waals surface area contributed by atoms with E-state index in [1.807, 2.05) is 0 Å². The summed E-state index contributed by atoms with van der Waals surface area (Å²) in [4.78, 5) is 0. The van der Waals surface area contributed by atoms with Gasteiger partial charge in [0.1, 0.15) is 0 Å². The molecule has 0 spiro atoms. The van der Waals surface area contributed by atoms with E-state index in [2.05, 4.69) is 0 Å². The topological polar surface area (TPSA) is 86.7 Å². The monoisotopic (exact) mass is 149 g/mol. The van der Waals surface area contributed by atoms with Gasteiger partial charge in [-0.15, -0.1) is 0 Å². The van der Waals surface area contributed by atoms with Crippen LogP contribution >= 0.6 is 0 Å². The van der Waals surface area contributed by atoms with Gasteiger partial charge in [-0.1, -0.05) is 6.92 Å². The standard InChI is InChI=1S/C6H15NO3/c1-4(2-8)6(10)5(7)3-9/h4-6,8-10H,2-3,7H2,1H3/t4?,5-,6?/m1/s1. The summed E-state index contributed by atoms with van der Waals surface area (Å²) in [5.74, 6) is -0.276. The third-order valence-electron chi connectivity index (χ3n) is 1.52. The van der Waals surface area contributed by atoms with Crippen LogP contribution in [-0.2, 0) is 0 Å². The smallest absolute Gasteiger partial charge is 0.0760 e. The van der Waals surface area contributed by atoms with Gasteiger partial charge in [-0.2, -0.15) is 0 Å². The van der Waals surface area contributed by atoms with Crippen molar-refractivity contribution < 1.29 is 15.3 Å². The van der Waals surface area contributed by atoms with Gasteiger partial charge in [0, 0.05) is 12.5 Å². The summed E-state index contributed by atoms with van der Waals surface area (Å²) in [5, 5.41) is 26.2. The summed E-state index contributed by atoms with van der Waals surface area (Å²) in [6, 6.07) is -0.651. The van der Waals surface area contributed by atoms with E-state index < -0.39 is 12.1 Å². The van der Waals surface area contributed by atoms with Crippen molar-refractivity contribution in [2.75, 3.05) is 13.2 Å². The summed E-state index contributed by atoms with van der Waals surface area (Å²) in [7, 11) is 0. The van der Waals surface area contributed by atoms with Crippen molar-refractivity contribution >= 4 is 0 Å². The molecule has 0 saturated heterocycles. The molecule has 0 aliphatic heterocycles. The lowest BCUT2D eigenvalue weighted by molar-refractivity contribution is 0.0398. The second-order valence-electron chi connectivity index (χ2n) is 2.50. The van der Waals surface area contributed by atoms with Crippen LogP contribution in [0.3, 0.4) is 0 Å². The van der Waals surface area contributed by atoms with Crippen molar-refractivity contribution in [2.45, 2.75) is 19.1 Å². The predicted octanol–water partition coefficient (Wildman–Crippen LogP) is -1.70. The van der Waals surface area contributed by atoms with Gasteiger partial charge in [0.05, 0.1) is 18.8 Å². The van der Waals surface area contributed by atoms with Gasteiger partial charge in [0.2, 0.25) is 0 Å². The summed E-state index contributed by atoms with van der Waals surface area (Å²) in [5.41, 5.74) is 5.28. The predicted molar refractivity (Wildman–Crippen MR) is 37.3 cm³/mol. The molecule has 0 aromatic carbocycles. The number of nitrogens with two attached hydrogens (primary N) is 1. The number of hydrogen-bond acceptors (Lipinski definition) is 4. The second-order valence-corrected chi connectivity index (χ2v) is 2.50. The number of aliphatic hydroxyl groups excluding tert-OH is 3. The van der Waals surface area contributed by atoms with Crippen LogP contribution in [0.1, 0.15) is 6.92 Å². The van der Waals surface area contributed by atoms with Crippen LogP contribution in [0.25, 0.3) is 0 Å². The molecule has 0 amide bonds. The maximum Gasteiger partial charge on any atom is 0.0760 e. The van der Waals surface area contributed by atoms with Gasteiger partial charge in [-0.25, -0.2) is 0 Å². The van der Waals surface area contributed by atoms with Crippen molar-refractivity contribution in [3.8, 4) is 0 Å². The minimum Gasteiger partial charge on any atom is -0.396 e. The molecule has 3 atom stereocenters. The third kappa shape index (κ3) is 2.62. The van der Waals surface area contributed by atoms with Crippen LogP contribution in [0, 0.1) is 5.92 Å². The Hall–Kier alpha value is -0.160. The molecule has 0 aromatic rings. The van der Waals surface area contributed by atoms with Crippen molar-refractivity contribution in [3.05, 3.63) is 0 Å². The summed E-state index contributed by atoms with van der Waals surface area (Å²) in [6.07, 6.45) is -0.824. The average molecular weight is 149 g/mol. The van der Waals surface area contributed by atoms with Gasteiger partial charge in [-0.05, 0) is 0 Å². The lowest BCUT2D eigenvalue weighted by atomic mass is 10.00. The van der Waals surface area contributed by atoms with Gasteiger partial charge in [0.15, 0.2) is 0 Å². The Kier molecular flexibility index (Phi) is 4.55. The summed E-state index contributed by atoms with van der Waals surface area (Å²) >= 11 is 0. The molecule has 0 aromatic heterocycles. The normalized spacial score (nSPS) is 20.1. The van der Waals surface area contributed by atoms with Crippen LogP contribution in [0.15, 0.2) is 0 Å². The quantitative estimate of drug-likeness (QED) is 0.383. The molecule has 2 unspecified atom stereocenters. The van der Waals surface area contributed by atoms with Crippen molar-refractivity contribution in [1.29, 1.82) is 0 Å². The number of rotatable bonds is 4. The van der Waals surface area contributed by atoms with E-state index in [1.54, 1.807) is 6.92 Å². The van der Waals surface area contributed by atoms with E-state index in [4.69, 9.17) is 21.1 Å². The maximum atomic E-state index is 9.14. The van der Waals surface area contributed by atoms with Crippen LogP contribution in [0.4, 0.5) is 0 Å². The molecular weight excluding hydrogens is 134 g/mol. The Labute approximate surface area is 60.3 Å². The molecule has 4 nitrogen and oxygen atoms in total. The van der Waals surface area contributed by atoms with Crippen LogP contribution in [-0.4, -0.2) is 40.7 Å². The van der Waals surface area contributed by atoms with E-state index >= 15 is 0 Å². The molecule has 5 N–H and O–H groups in total. The van der Waals surface area contributed by atoms with E-state index in [9.17, 15) is 0 Å². The SMILES string of the molecule is CC(CO)C(O)[C@H](N)CO. The van der Waals surface area contributed by atoms with E-state index in [0.29, 0.717) is 0 Å². The fourth-order valence-electron chi connectivity index (χ4n) is 0.638.